The maximum absolute atomic E-state index is 14.8. The highest BCUT2D eigenvalue weighted by Crippen LogP contribution is 2.28. The van der Waals surface area contributed by atoms with Crippen LogP contribution in [0.2, 0.25) is 0 Å². The van der Waals surface area contributed by atoms with Crippen molar-refractivity contribution in [2.75, 3.05) is 37.6 Å². The molecule has 2 N–H and O–H groups in total. The first-order valence-corrected chi connectivity index (χ1v) is 10.4. The zero-order valence-electron chi connectivity index (χ0n) is 17.0. The SMILES string of the molecule is CCCCN1CCN(c2ccc(N=Cc3c(O)[nH]c4cc(F)ccc34)cc2F)CC1. The molecular formula is C23H26F2N4O. The molecule has 0 saturated carbocycles. The van der Waals surface area contributed by atoms with Crippen molar-refractivity contribution in [3.63, 3.8) is 0 Å². The van der Waals surface area contributed by atoms with Gasteiger partial charge in [0, 0.05) is 43.8 Å². The van der Waals surface area contributed by atoms with Crippen LogP contribution in [0.1, 0.15) is 25.3 Å². The molecule has 4 rings (SSSR count). The maximum atomic E-state index is 14.8. The molecule has 158 valence electrons. The summed E-state index contributed by atoms with van der Waals surface area (Å²) in [7, 11) is 0. The Morgan fingerprint density at radius 3 is 2.63 bits per heavy atom. The highest BCUT2D eigenvalue weighted by Gasteiger charge is 2.19. The van der Waals surface area contributed by atoms with Crippen molar-refractivity contribution in [1.82, 2.24) is 9.88 Å². The van der Waals surface area contributed by atoms with Crippen LogP contribution in [0.25, 0.3) is 10.9 Å². The molecule has 0 aliphatic carbocycles. The number of hydrogen-bond donors (Lipinski definition) is 2. The van der Waals surface area contributed by atoms with Crippen LogP contribution in [0.5, 0.6) is 5.88 Å². The number of fused-ring (bicyclic) bond motifs is 1. The lowest BCUT2D eigenvalue weighted by atomic mass is 10.2. The highest BCUT2D eigenvalue weighted by molar-refractivity contribution is 6.02. The second-order valence-corrected chi connectivity index (χ2v) is 7.65. The molecular weight excluding hydrogens is 386 g/mol. The zero-order valence-corrected chi connectivity index (χ0v) is 17.0. The Kier molecular flexibility index (Phi) is 5.99. The number of piperazine rings is 1. The number of rotatable bonds is 6. The minimum Gasteiger partial charge on any atom is -0.494 e. The van der Waals surface area contributed by atoms with Crippen LogP contribution < -0.4 is 4.90 Å². The van der Waals surface area contributed by atoms with Crippen LogP contribution >= 0.6 is 0 Å². The van der Waals surface area contributed by atoms with E-state index in [-0.39, 0.29) is 11.7 Å². The van der Waals surface area contributed by atoms with Gasteiger partial charge in [-0.25, -0.2) is 8.78 Å². The number of unbranched alkanes of at least 4 members (excludes halogenated alkanes) is 1. The van der Waals surface area contributed by atoms with E-state index in [1.165, 1.54) is 37.3 Å². The molecule has 0 bridgehead atoms. The summed E-state index contributed by atoms with van der Waals surface area (Å²) < 4.78 is 28.1. The number of nitrogens with one attached hydrogen (secondary N) is 1. The van der Waals surface area contributed by atoms with Gasteiger partial charge in [0.15, 0.2) is 5.88 Å². The molecule has 2 heterocycles. The molecule has 1 aromatic heterocycles. The predicted octanol–water partition coefficient (Wildman–Crippen LogP) is 4.82. The highest BCUT2D eigenvalue weighted by atomic mass is 19.1. The van der Waals surface area contributed by atoms with E-state index in [4.69, 9.17) is 0 Å². The monoisotopic (exact) mass is 412 g/mol. The number of nitrogens with zero attached hydrogens (tertiary/aromatic N) is 3. The molecule has 7 heteroatoms. The Bertz CT molecular complexity index is 1050. The zero-order chi connectivity index (χ0) is 21.1. The minimum atomic E-state index is -0.393. The molecule has 3 aromatic rings. The lowest BCUT2D eigenvalue weighted by molar-refractivity contribution is 0.253. The molecule has 5 nitrogen and oxygen atoms in total. The number of halogens is 2. The summed E-state index contributed by atoms with van der Waals surface area (Å²) in [6.45, 7) is 6.80. The summed E-state index contributed by atoms with van der Waals surface area (Å²) in [5.41, 5.74) is 1.97. The average molecular weight is 412 g/mol. The number of aliphatic imine (C=N–C) groups is 1. The van der Waals surface area contributed by atoms with Gasteiger partial charge >= 0.3 is 0 Å². The number of aromatic amines is 1. The third-order valence-electron chi connectivity index (χ3n) is 5.59. The van der Waals surface area contributed by atoms with E-state index < -0.39 is 5.82 Å². The largest absolute Gasteiger partial charge is 0.494 e. The topological polar surface area (TPSA) is 54.9 Å². The Balaban J connectivity index is 1.47. The second-order valence-electron chi connectivity index (χ2n) is 7.65. The van der Waals surface area contributed by atoms with Gasteiger partial charge in [0.1, 0.15) is 11.6 Å². The number of benzene rings is 2. The summed E-state index contributed by atoms with van der Waals surface area (Å²) in [6, 6.07) is 9.14. The van der Waals surface area contributed by atoms with E-state index >= 15 is 0 Å². The first kappa shape index (κ1) is 20.3. The van der Waals surface area contributed by atoms with E-state index in [0.717, 1.165) is 32.7 Å². The van der Waals surface area contributed by atoms with E-state index in [2.05, 4.69) is 26.7 Å². The van der Waals surface area contributed by atoms with E-state index in [1.54, 1.807) is 18.2 Å². The van der Waals surface area contributed by atoms with Crippen molar-refractivity contribution in [3.05, 3.63) is 53.6 Å². The summed E-state index contributed by atoms with van der Waals surface area (Å²) in [5.74, 6) is -0.801. The number of hydrogen-bond acceptors (Lipinski definition) is 4. The van der Waals surface area contributed by atoms with Crippen molar-refractivity contribution in [2.24, 2.45) is 4.99 Å². The van der Waals surface area contributed by atoms with Crippen molar-refractivity contribution in [2.45, 2.75) is 19.8 Å². The van der Waals surface area contributed by atoms with Crippen LogP contribution in [0.15, 0.2) is 41.4 Å². The molecule has 1 aliphatic rings. The maximum Gasteiger partial charge on any atom is 0.198 e. The van der Waals surface area contributed by atoms with Gasteiger partial charge in [-0.1, -0.05) is 13.3 Å². The molecule has 0 atom stereocenters. The Hall–Kier alpha value is -2.93. The third kappa shape index (κ3) is 4.31. The van der Waals surface area contributed by atoms with Gasteiger partial charge < -0.3 is 15.0 Å². The molecule has 1 fully saturated rings. The minimum absolute atomic E-state index is 0.0996. The normalized spacial score (nSPS) is 15.5. The Morgan fingerprint density at radius 2 is 1.90 bits per heavy atom. The first-order valence-electron chi connectivity index (χ1n) is 10.4. The number of anilines is 1. The van der Waals surface area contributed by atoms with Gasteiger partial charge in [0.25, 0.3) is 0 Å². The Labute approximate surface area is 174 Å². The average Bonchev–Trinajstić information content (AvgIpc) is 3.05. The molecule has 1 aliphatic heterocycles. The summed E-state index contributed by atoms with van der Waals surface area (Å²) in [6.07, 6.45) is 3.85. The van der Waals surface area contributed by atoms with E-state index in [9.17, 15) is 13.9 Å². The van der Waals surface area contributed by atoms with Crippen LogP contribution in [0.3, 0.4) is 0 Å². The molecule has 1 saturated heterocycles. The summed E-state index contributed by atoms with van der Waals surface area (Å²) in [4.78, 5) is 11.5. The number of H-pyrrole nitrogens is 1. The number of aromatic nitrogens is 1. The third-order valence-corrected chi connectivity index (χ3v) is 5.59. The molecule has 0 spiro atoms. The lowest BCUT2D eigenvalue weighted by Crippen LogP contribution is -2.46. The fraction of sp³-hybridized carbons (Fsp3) is 0.348. The van der Waals surface area contributed by atoms with Crippen molar-refractivity contribution in [1.29, 1.82) is 0 Å². The van der Waals surface area contributed by atoms with Crippen LogP contribution in [0, 0.1) is 11.6 Å². The molecule has 0 unspecified atom stereocenters. The fourth-order valence-corrected chi connectivity index (χ4v) is 3.87. The first-order chi connectivity index (χ1) is 14.5. The van der Waals surface area contributed by atoms with Crippen LogP contribution in [0.4, 0.5) is 20.2 Å². The predicted molar refractivity (Wildman–Crippen MR) is 117 cm³/mol. The second kappa shape index (κ2) is 8.83. The fourth-order valence-electron chi connectivity index (χ4n) is 3.87. The van der Waals surface area contributed by atoms with Gasteiger partial charge in [0.2, 0.25) is 0 Å². The van der Waals surface area contributed by atoms with Crippen LogP contribution in [-0.4, -0.2) is 53.9 Å². The molecule has 30 heavy (non-hydrogen) atoms. The summed E-state index contributed by atoms with van der Waals surface area (Å²) in [5, 5.41) is 10.7. The Morgan fingerprint density at radius 1 is 1.10 bits per heavy atom. The lowest BCUT2D eigenvalue weighted by Gasteiger charge is -2.36. The van der Waals surface area contributed by atoms with Gasteiger partial charge in [-0.3, -0.25) is 9.89 Å². The standard InChI is InChI=1S/C23H26F2N4O/c1-2-3-8-28-9-11-29(12-10-28)22-7-5-17(14-20(22)25)26-15-19-18-6-4-16(24)13-21(18)27-23(19)30/h4-7,13-15,27,30H,2-3,8-12H2,1H3. The van der Waals surface area contributed by atoms with Crippen molar-refractivity contribution >= 4 is 28.5 Å². The van der Waals surface area contributed by atoms with Gasteiger partial charge in [-0.05, 0) is 43.3 Å². The smallest absolute Gasteiger partial charge is 0.198 e. The van der Waals surface area contributed by atoms with E-state index in [0.29, 0.717) is 27.8 Å². The van der Waals surface area contributed by atoms with Gasteiger partial charge in [0.05, 0.1) is 22.5 Å². The van der Waals surface area contributed by atoms with Crippen molar-refractivity contribution in [3.8, 4) is 5.88 Å². The quantitative estimate of drug-likeness (QED) is 0.571. The van der Waals surface area contributed by atoms with Crippen LogP contribution in [-0.2, 0) is 0 Å². The van der Waals surface area contributed by atoms with E-state index in [1.807, 2.05) is 0 Å². The molecule has 0 amide bonds. The van der Waals surface area contributed by atoms with Crippen molar-refractivity contribution < 1.29 is 13.9 Å². The van der Waals surface area contributed by atoms with Gasteiger partial charge in [-0.2, -0.15) is 0 Å². The summed E-state index contributed by atoms with van der Waals surface area (Å²) >= 11 is 0. The molecule has 0 radical (unpaired) electrons. The van der Waals surface area contributed by atoms with Gasteiger partial charge in [-0.15, -0.1) is 0 Å². The molecule has 2 aromatic carbocycles. The number of aromatic hydroxyl groups is 1.